The average Bonchev–Trinajstić information content (AvgIpc) is 2.02. The van der Waals surface area contributed by atoms with Crippen LogP contribution >= 0.6 is 0 Å². The fraction of sp³-hybridized carbons (Fsp3) is 0.600. The van der Waals surface area contributed by atoms with E-state index in [2.05, 4.69) is 43.0 Å². The second-order valence-corrected chi connectivity index (χ2v) is 4.54. The van der Waals surface area contributed by atoms with Crippen LogP contribution in [0.25, 0.3) is 0 Å². The molecule has 78 valence electrons. The van der Waals surface area contributed by atoms with Crippen molar-refractivity contribution in [3.05, 3.63) is 12.3 Å². The van der Waals surface area contributed by atoms with Crippen LogP contribution in [0.3, 0.4) is 0 Å². The number of hydrogen-bond donors (Lipinski definition) is 2. The number of nitrogen functional groups attached to an aromatic ring is 1. The van der Waals surface area contributed by atoms with Gasteiger partial charge < -0.3 is 11.1 Å². The van der Waals surface area contributed by atoms with E-state index in [1.54, 1.807) is 12.3 Å². The van der Waals surface area contributed by atoms with Gasteiger partial charge in [0.1, 0.15) is 5.82 Å². The van der Waals surface area contributed by atoms with Gasteiger partial charge in [-0.15, -0.1) is 0 Å². The lowest BCUT2D eigenvalue weighted by Gasteiger charge is -2.27. The van der Waals surface area contributed by atoms with E-state index < -0.39 is 0 Å². The van der Waals surface area contributed by atoms with Crippen LogP contribution in [0.5, 0.6) is 0 Å². The summed E-state index contributed by atoms with van der Waals surface area (Å²) in [5, 5.41) is 3.22. The number of aromatic nitrogens is 2. The monoisotopic (exact) mass is 194 g/mol. The lowest BCUT2D eigenvalue weighted by atomic mass is 9.88. The zero-order valence-corrected chi connectivity index (χ0v) is 9.20. The summed E-state index contributed by atoms with van der Waals surface area (Å²) in [6, 6.07) is 1.97. The summed E-state index contributed by atoms with van der Waals surface area (Å²) >= 11 is 0. The lowest BCUT2D eigenvalue weighted by molar-refractivity contribution is 0.358. The Bertz CT molecular complexity index is 303. The molecule has 0 radical (unpaired) electrons. The molecule has 0 saturated heterocycles. The summed E-state index contributed by atoms with van der Waals surface area (Å²) in [5.41, 5.74) is 5.73. The first-order chi connectivity index (χ1) is 6.39. The van der Waals surface area contributed by atoms with Crippen LogP contribution < -0.4 is 11.1 Å². The highest BCUT2D eigenvalue weighted by molar-refractivity contribution is 5.35. The van der Waals surface area contributed by atoms with Crippen LogP contribution in [-0.4, -0.2) is 16.0 Å². The molecule has 1 unspecified atom stereocenters. The predicted molar refractivity (Wildman–Crippen MR) is 59.0 cm³/mol. The molecule has 1 heterocycles. The molecule has 14 heavy (non-hydrogen) atoms. The van der Waals surface area contributed by atoms with E-state index >= 15 is 0 Å². The maximum absolute atomic E-state index is 5.55. The molecule has 1 aromatic rings. The fourth-order valence-corrected chi connectivity index (χ4v) is 0.852. The summed E-state index contributed by atoms with van der Waals surface area (Å²) < 4.78 is 0. The van der Waals surface area contributed by atoms with Gasteiger partial charge in [0, 0.05) is 12.2 Å². The predicted octanol–water partition coefficient (Wildman–Crippen LogP) is 1.91. The summed E-state index contributed by atoms with van der Waals surface area (Å²) in [7, 11) is 0. The quantitative estimate of drug-likeness (QED) is 0.754. The zero-order chi connectivity index (χ0) is 10.8. The third kappa shape index (κ3) is 2.87. The van der Waals surface area contributed by atoms with Crippen LogP contribution in [0.4, 0.5) is 11.8 Å². The van der Waals surface area contributed by atoms with E-state index in [-0.39, 0.29) is 5.41 Å². The highest BCUT2D eigenvalue weighted by atomic mass is 15.1. The van der Waals surface area contributed by atoms with E-state index in [1.807, 2.05) is 0 Å². The van der Waals surface area contributed by atoms with Crippen LogP contribution in [0.2, 0.25) is 0 Å². The van der Waals surface area contributed by atoms with E-state index in [9.17, 15) is 0 Å². The molecule has 0 saturated carbocycles. The van der Waals surface area contributed by atoms with E-state index in [1.165, 1.54) is 0 Å². The minimum atomic E-state index is 0.175. The third-order valence-electron chi connectivity index (χ3n) is 2.32. The molecule has 0 amide bonds. The minimum absolute atomic E-state index is 0.175. The topological polar surface area (TPSA) is 63.8 Å². The Labute approximate surface area is 85.0 Å². The molecule has 0 aromatic carbocycles. The number of nitrogens with two attached hydrogens (primary N) is 1. The van der Waals surface area contributed by atoms with Crippen LogP contribution in [-0.2, 0) is 0 Å². The number of nitrogens with one attached hydrogen (secondary N) is 1. The maximum atomic E-state index is 5.55. The van der Waals surface area contributed by atoms with Gasteiger partial charge in [-0.3, -0.25) is 0 Å². The molecule has 0 aliphatic heterocycles. The van der Waals surface area contributed by atoms with Gasteiger partial charge in [-0.05, 0) is 18.4 Å². The third-order valence-corrected chi connectivity index (χ3v) is 2.32. The molecule has 1 atom stereocenters. The average molecular weight is 194 g/mol. The van der Waals surface area contributed by atoms with Crippen molar-refractivity contribution in [1.82, 2.24) is 9.97 Å². The Balaban J connectivity index is 2.70. The SMILES string of the molecule is CC(Nc1nccc(N)n1)C(C)(C)C. The highest BCUT2D eigenvalue weighted by Gasteiger charge is 2.20. The number of hydrogen-bond acceptors (Lipinski definition) is 4. The Morgan fingerprint density at radius 1 is 1.43 bits per heavy atom. The Kier molecular flexibility index (Phi) is 2.93. The van der Waals surface area contributed by atoms with Gasteiger partial charge in [0.15, 0.2) is 0 Å². The molecule has 4 heteroatoms. The van der Waals surface area contributed by atoms with Gasteiger partial charge in [-0.1, -0.05) is 20.8 Å². The van der Waals surface area contributed by atoms with E-state index in [0.717, 1.165) is 0 Å². The molecule has 0 fully saturated rings. The molecule has 4 nitrogen and oxygen atoms in total. The largest absolute Gasteiger partial charge is 0.384 e. The number of anilines is 2. The second kappa shape index (κ2) is 3.82. The summed E-state index contributed by atoms with van der Waals surface area (Å²) in [4.78, 5) is 8.17. The number of rotatable bonds is 2. The number of nitrogens with zero attached hydrogens (tertiary/aromatic N) is 2. The molecular formula is C10H18N4. The molecule has 3 N–H and O–H groups in total. The van der Waals surface area contributed by atoms with Gasteiger partial charge in [0.25, 0.3) is 0 Å². The van der Waals surface area contributed by atoms with Crippen LogP contribution in [0, 0.1) is 5.41 Å². The first-order valence-electron chi connectivity index (χ1n) is 4.74. The summed E-state index contributed by atoms with van der Waals surface area (Å²) in [5.74, 6) is 1.08. The van der Waals surface area contributed by atoms with Crippen molar-refractivity contribution in [1.29, 1.82) is 0 Å². The molecule has 1 aromatic heterocycles. The second-order valence-electron chi connectivity index (χ2n) is 4.54. The van der Waals surface area contributed by atoms with Crippen molar-refractivity contribution in [2.75, 3.05) is 11.1 Å². The maximum Gasteiger partial charge on any atom is 0.224 e. The van der Waals surface area contributed by atoms with Gasteiger partial charge >= 0.3 is 0 Å². The van der Waals surface area contributed by atoms with Crippen molar-refractivity contribution < 1.29 is 0 Å². The molecule has 0 spiro atoms. The van der Waals surface area contributed by atoms with Gasteiger partial charge in [0.05, 0.1) is 0 Å². The van der Waals surface area contributed by atoms with Crippen LogP contribution in [0.1, 0.15) is 27.7 Å². The minimum Gasteiger partial charge on any atom is -0.384 e. The van der Waals surface area contributed by atoms with Crippen molar-refractivity contribution in [3.8, 4) is 0 Å². The normalized spacial score (nSPS) is 13.7. The summed E-state index contributed by atoms with van der Waals surface area (Å²) in [6.45, 7) is 8.59. The smallest absolute Gasteiger partial charge is 0.224 e. The Morgan fingerprint density at radius 2 is 2.07 bits per heavy atom. The first kappa shape index (κ1) is 10.8. The molecule has 0 aliphatic rings. The van der Waals surface area contributed by atoms with Crippen LogP contribution in [0.15, 0.2) is 12.3 Å². The zero-order valence-electron chi connectivity index (χ0n) is 9.20. The van der Waals surface area contributed by atoms with Crippen molar-refractivity contribution >= 4 is 11.8 Å². The molecule has 1 rings (SSSR count). The molecule has 0 aliphatic carbocycles. The fourth-order valence-electron chi connectivity index (χ4n) is 0.852. The van der Waals surface area contributed by atoms with Crippen molar-refractivity contribution in [2.24, 2.45) is 5.41 Å². The van der Waals surface area contributed by atoms with Gasteiger partial charge in [0.2, 0.25) is 5.95 Å². The molecular weight excluding hydrogens is 176 g/mol. The Hall–Kier alpha value is -1.32. The standard InChI is InChI=1S/C10H18N4/c1-7(10(2,3)4)13-9-12-6-5-8(11)14-9/h5-7H,1-4H3,(H3,11,12,13,14). The first-order valence-corrected chi connectivity index (χ1v) is 4.74. The Morgan fingerprint density at radius 3 is 2.57 bits per heavy atom. The van der Waals surface area contributed by atoms with Crippen molar-refractivity contribution in [3.63, 3.8) is 0 Å². The van der Waals surface area contributed by atoms with Gasteiger partial charge in [-0.2, -0.15) is 4.98 Å². The van der Waals surface area contributed by atoms with Crippen molar-refractivity contribution in [2.45, 2.75) is 33.7 Å². The van der Waals surface area contributed by atoms with E-state index in [0.29, 0.717) is 17.8 Å². The molecule has 0 bridgehead atoms. The lowest BCUT2D eigenvalue weighted by Crippen LogP contribution is -2.31. The highest BCUT2D eigenvalue weighted by Crippen LogP contribution is 2.21. The van der Waals surface area contributed by atoms with E-state index in [4.69, 9.17) is 5.73 Å². The van der Waals surface area contributed by atoms with Gasteiger partial charge in [-0.25, -0.2) is 4.98 Å². The summed E-state index contributed by atoms with van der Waals surface area (Å²) in [6.07, 6.45) is 1.65.